The van der Waals surface area contributed by atoms with E-state index in [4.69, 9.17) is 26.5 Å². The first kappa shape index (κ1) is 34.1. The second-order valence-electron chi connectivity index (χ2n) is 12.7. The van der Waals surface area contributed by atoms with Gasteiger partial charge in [-0.15, -0.1) is 11.8 Å². The van der Waals surface area contributed by atoms with Gasteiger partial charge in [-0.2, -0.15) is 10.2 Å². The van der Waals surface area contributed by atoms with Gasteiger partial charge < -0.3 is 19.5 Å². The first-order valence-electron chi connectivity index (χ1n) is 16.6. The van der Waals surface area contributed by atoms with E-state index < -0.39 is 5.97 Å². The Kier molecular flexibility index (Phi) is 10.2. The topological polar surface area (TPSA) is 107 Å². The van der Waals surface area contributed by atoms with Gasteiger partial charge in [-0.1, -0.05) is 17.7 Å². The number of aryl methyl sites for hydroxylation is 7. The molecule has 0 bridgehead atoms. The highest BCUT2D eigenvalue weighted by Crippen LogP contribution is 2.43. The van der Waals surface area contributed by atoms with Crippen molar-refractivity contribution in [2.45, 2.75) is 76.8 Å². The minimum Gasteiger partial charge on any atom is -0.508 e. The lowest BCUT2D eigenvalue weighted by atomic mass is 9.89. The molecule has 0 saturated heterocycles. The first-order valence-corrected chi connectivity index (χ1v) is 18.1. The number of phenols is 1. The molecule has 0 aliphatic heterocycles. The largest absolute Gasteiger partial charge is 0.508 e. The van der Waals surface area contributed by atoms with Gasteiger partial charge in [0.1, 0.15) is 11.4 Å². The number of nitrogens with zero attached hydrogens (tertiary/aromatic N) is 5. The van der Waals surface area contributed by atoms with Crippen molar-refractivity contribution in [2.75, 3.05) is 13.7 Å². The van der Waals surface area contributed by atoms with Gasteiger partial charge in [0.2, 0.25) is 0 Å². The number of fused-ring (bicyclic) bond motifs is 2. The standard InChI is InChI=1S/C37H44ClN5O4S/c1-22-33-31(43(15-8-16-44)36(22)37(46)47-5)14-13-29(38)35(33)34-23(2)41(3)40-30(34)21-48-20-26-19-27(42(4)39-26)12-11-24-17-25-9-6-7-10-28(25)32(45)18-24/h13-14,17-19,44-45H,6-12,15-16,20-21H2,1-5H3. The molecule has 254 valence electrons. The van der Waals surface area contributed by atoms with Gasteiger partial charge in [0.25, 0.3) is 0 Å². The maximum absolute atomic E-state index is 13.0. The number of phenolic OH excluding ortho intramolecular Hbond substituents is 1. The molecule has 1 aliphatic carbocycles. The number of aliphatic hydroxyl groups excluding tert-OH is 1. The number of halogens is 1. The lowest BCUT2D eigenvalue weighted by Crippen LogP contribution is -2.12. The van der Waals surface area contributed by atoms with Gasteiger partial charge in [-0.25, -0.2) is 4.79 Å². The van der Waals surface area contributed by atoms with Crippen LogP contribution in [-0.2, 0) is 62.6 Å². The van der Waals surface area contributed by atoms with Crippen LogP contribution in [0.2, 0.25) is 5.02 Å². The Morgan fingerprint density at radius 3 is 2.58 bits per heavy atom. The number of aromatic nitrogens is 5. The fourth-order valence-electron chi connectivity index (χ4n) is 7.23. The molecule has 9 nitrogen and oxygen atoms in total. The Labute approximate surface area is 290 Å². The Morgan fingerprint density at radius 1 is 1.02 bits per heavy atom. The molecule has 2 aromatic carbocycles. The highest BCUT2D eigenvalue weighted by atomic mass is 35.5. The molecule has 5 aromatic rings. The minimum atomic E-state index is -0.419. The van der Waals surface area contributed by atoms with Crippen molar-refractivity contribution in [2.24, 2.45) is 14.1 Å². The SMILES string of the molecule is COC(=O)c1c(C)c2c(-c3c(CSCc4cc(CCc5cc(O)c6c(c5)CCCC6)n(C)n4)nn(C)c3C)c(Cl)ccc2n1CCCO. The van der Waals surface area contributed by atoms with Gasteiger partial charge in [-0.3, -0.25) is 9.36 Å². The summed E-state index contributed by atoms with van der Waals surface area (Å²) in [6.45, 7) is 4.46. The summed E-state index contributed by atoms with van der Waals surface area (Å²) >= 11 is 8.73. The van der Waals surface area contributed by atoms with E-state index in [2.05, 4.69) is 12.1 Å². The monoisotopic (exact) mass is 689 g/mol. The number of hydrogen-bond donors (Lipinski definition) is 2. The van der Waals surface area contributed by atoms with Gasteiger partial charge in [0.15, 0.2) is 0 Å². The zero-order valence-electron chi connectivity index (χ0n) is 28.4. The molecule has 3 heterocycles. The van der Waals surface area contributed by atoms with E-state index in [0.29, 0.717) is 35.2 Å². The molecule has 3 aromatic heterocycles. The van der Waals surface area contributed by atoms with E-state index in [1.807, 2.05) is 60.1 Å². The van der Waals surface area contributed by atoms with Crippen molar-refractivity contribution in [3.8, 4) is 16.9 Å². The maximum atomic E-state index is 13.0. The number of esters is 1. The molecule has 48 heavy (non-hydrogen) atoms. The number of ether oxygens (including phenoxy) is 1. The van der Waals surface area contributed by atoms with E-state index in [1.54, 1.807) is 11.8 Å². The highest BCUT2D eigenvalue weighted by Gasteiger charge is 2.27. The fraction of sp³-hybridized carbons (Fsp3) is 0.432. The third-order valence-electron chi connectivity index (χ3n) is 9.69. The van der Waals surface area contributed by atoms with E-state index in [0.717, 1.165) is 88.1 Å². The number of aromatic hydroxyl groups is 1. The second kappa shape index (κ2) is 14.4. The minimum absolute atomic E-state index is 0.0137. The van der Waals surface area contributed by atoms with E-state index >= 15 is 0 Å². The van der Waals surface area contributed by atoms with Crippen LogP contribution in [0.15, 0.2) is 30.3 Å². The third-order valence-corrected chi connectivity index (χ3v) is 11.0. The number of methoxy groups -OCH3 is 1. The predicted octanol–water partition coefficient (Wildman–Crippen LogP) is 7.02. The van der Waals surface area contributed by atoms with Gasteiger partial charge >= 0.3 is 5.97 Å². The van der Waals surface area contributed by atoms with Gasteiger partial charge in [-0.05, 0) is 105 Å². The zero-order chi connectivity index (χ0) is 34.1. The molecule has 0 unspecified atom stereocenters. The summed E-state index contributed by atoms with van der Waals surface area (Å²) in [7, 11) is 5.32. The van der Waals surface area contributed by atoms with Crippen LogP contribution in [0.1, 0.15) is 74.8 Å². The Hall–Kier alpha value is -3.73. The van der Waals surface area contributed by atoms with Crippen molar-refractivity contribution in [1.82, 2.24) is 24.1 Å². The number of aliphatic hydroxyl groups is 1. The van der Waals surface area contributed by atoms with Crippen LogP contribution in [0.4, 0.5) is 0 Å². The number of carbonyl (C=O) groups excluding carboxylic acids is 1. The van der Waals surface area contributed by atoms with Crippen LogP contribution < -0.4 is 0 Å². The average Bonchev–Trinajstić information content (AvgIpc) is 3.67. The molecule has 0 saturated carbocycles. The van der Waals surface area contributed by atoms with Crippen molar-refractivity contribution in [3.05, 3.63) is 86.1 Å². The number of thioether (sulfide) groups is 1. The molecule has 0 amide bonds. The fourth-order valence-corrected chi connectivity index (χ4v) is 8.33. The molecular weight excluding hydrogens is 646 g/mol. The smallest absolute Gasteiger partial charge is 0.354 e. The van der Waals surface area contributed by atoms with Crippen LogP contribution >= 0.6 is 23.4 Å². The molecule has 0 spiro atoms. The number of benzene rings is 2. The molecular formula is C37H44ClN5O4S. The van der Waals surface area contributed by atoms with Gasteiger partial charge in [0, 0.05) is 77.2 Å². The Balaban J connectivity index is 1.23. The second-order valence-corrected chi connectivity index (χ2v) is 14.1. The molecule has 1 aliphatic rings. The van der Waals surface area contributed by atoms with Crippen LogP contribution in [0.25, 0.3) is 22.0 Å². The summed E-state index contributed by atoms with van der Waals surface area (Å²) < 4.78 is 11.0. The summed E-state index contributed by atoms with van der Waals surface area (Å²) in [4.78, 5) is 13.0. The Bertz CT molecular complexity index is 1990. The first-order chi connectivity index (χ1) is 23.1. The van der Waals surface area contributed by atoms with Crippen LogP contribution in [0.3, 0.4) is 0 Å². The molecule has 0 atom stereocenters. The molecule has 0 fully saturated rings. The maximum Gasteiger partial charge on any atom is 0.354 e. The van der Waals surface area contributed by atoms with E-state index in [1.165, 1.54) is 30.4 Å². The van der Waals surface area contributed by atoms with Crippen molar-refractivity contribution in [1.29, 1.82) is 0 Å². The van der Waals surface area contributed by atoms with Crippen LogP contribution in [-0.4, -0.2) is 54.0 Å². The summed E-state index contributed by atoms with van der Waals surface area (Å²) in [5.41, 5.74) is 11.6. The molecule has 2 N–H and O–H groups in total. The molecule has 11 heteroatoms. The lowest BCUT2D eigenvalue weighted by Gasteiger charge is -2.18. The van der Waals surface area contributed by atoms with Crippen LogP contribution in [0, 0.1) is 13.8 Å². The number of rotatable bonds is 12. The highest BCUT2D eigenvalue weighted by molar-refractivity contribution is 7.97. The predicted molar refractivity (Wildman–Crippen MR) is 192 cm³/mol. The zero-order valence-corrected chi connectivity index (χ0v) is 30.0. The number of hydrogen-bond acceptors (Lipinski definition) is 7. The van der Waals surface area contributed by atoms with Crippen molar-refractivity contribution in [3.63, 3.8) is 0 Å². The summed E-state index contributed by atoms with van der Waals surface area (Å²) in [6.07, 6.45) is 6.58. The number of carbonyl (C=O) groups is 1. The molecule has 0 radical (unpaired) electrons. The summed E-state index contributed by atoms with van der Waals surface area (Å²) in [6, 6.07) is 10.2. The summed E-state index contributed by atoms with van der Waals surface area (Å²) in [5, 5.41) is 31.4. The van der Waals surface area contributed by atoms with Crippen molar-refractivity contribution < 1.29 is 19.7 Å². The summed E-state index contributed by atoms with van der Waals surface area (Å²) in [5.74, 6) is 1.41. The normalized spacial score (nSPS) is 13.0. The third kappa shape index (κ3) is 6.50. The molecule has 6 rings (SSSR count). The average molecular weight is 690 g/mol. The van der Waals surface area contributed by atoms with Crippen molar-refractivity contribution >= 4 is 40.2 Å². The van der Waals surface area contributed by atoms with Gasteiger partial charge in [0.05, 0.1) is 18.5 Å². The Morgan fingerprint density at radius 2 is 1.81 bits per heavy atom. The van der Waals surface area contributed by atoms with E-state index in [9.17, 15) is 15.0 Å². The lowest BCUT2D eigenvalue weighted by molar-refractivity contribution is 0.0587. The van der Waals surface area contributed by atoms with Crippen LogP contribution in [0.5, 0.6) is 5.75 Å². The quantitative estimate of drug-likeness (QED) is 0.136. The van der Waals surface area contributed by atoms with E-state index in [-0.39, 0.29) is 6.61 Å².